The molecule has 2 heterocycles. The van der Waals surface area contributed by atoms with Crippen molar-refractivity contribution in [3.05, 3.63) is 24.3 Å². The zero-order valence-corrected chi connectivity index (χ0v) is 19.8. The summed E-state index contributed by atoms with van der Waals surface area (Å²) < 4.78 is 7.28. The zero-order chi connectivity index (χ0) is 22.7. The Morgan fingerprint density at radius 3 is 2.78 bits per heavy atom. The van der Waals surface area contributed by atoms with Gasteiger partial charge in [0, 0.05) is 29.8 Å². The fraction of sp³-hybridized carbons (Fsp3) is 0.731. The van der Waals surface area contributed by atoms with Crippen LogP contribution >= 0.6 is 0 Å². The van der Waals surface area contributed by atoms with Crippen LogP contribution in [0.25, 0.3) is 6.08 Å². The number of hydrogen-bond acceptors (Lipinski definition) is 4. The lowest BCUT2D eigenvalue weighted by Gasteiger charge is -2.59. The smallest absolute Gasteiger partial charge is 0.328 e. The van der Waals surface area contributed by atoms with Crippen LogP contribution in [0.5, 0.6) is 0 Å². The van der Waals surface area contributed by atoms with E-state index in [1.807, 2.05) is 13.1 Å². The minimum Gasteiger partial charge on any atom is -0.467 e. The third kappa shape index (κ3) is 3.01. The fourth-order valence-corrected chi connectivity index (χ4v) is 8.19. The van der Waals surface area contributed by atoms with Gasteiger partial charge in [0.05, 0.1) is 7.11 Å². The summed E-state index contributed by atoms with van der Waals surface area (Å²) in [4.78, 5) is 29.9. The van der Waals surface area contributed by atoms with E-state index >= 15 is 0 Å². The van der Waals surface area contributed by atoms with Gasteiger partial charge < -0.3 is 14.6 Å². The van der Waals surface area contributed by atoms with Crippen LogP contribution in [0.2, 0.25) is 0 Å². The van der Waals surface area contributed by atoms with Gasteiger partial charge in [-0.1, -0.05) is 26.8 Å². The van der Waals surface area contributed by atoms with Gasteiger partial charge >= 0.3 is 5.97 Å². The van der Waals surface area contributed by atoms with E-state index in [0.29, 0.717) is 30.2 Å². The number of carbonyl (C=O) groups is 2. The zero-order valence-electron chi connectivity index (χ0n) is 19.8. The molecule has 8 atom stereocenters. The number of ether oxygens (including phenoxy) is 1. The first-order chi connectivity index (χ1) is 15.3. The molecule has 3 aliphatic carbocycles. The van der Waals surface area contributed by atoms with E-state index in [9.17, 15) is 9.59 Å². The molecule has 5 unspecified atom stereocenters. The van der Waals surface area contributed by atoms with Gasteiger partial charge in [0.15, 0.2) is 0 Å². The van der Waals surface area contributed by atoms with Crippen LogP contribution < -0.4 is 5.32 Å². The van der Waals surface area contributed by atoms with Crippen molar-refractivity contribution < 1.29 is 14.3 Å². The number of esters is 1. The topological polar surface area (TPSA) is 73.2 Å². The predicted octanol–water partition coefficient (Wildman–Crippen LogP) is 4.38. The van der Waals surface area contributed by atoms with Crippen molar-refractivity contribution in [2.75, 3.05) is 7.11 Å². The number of hydrogen-bond donors (Lipinski definition) is 1. The van der Waals surface area contributed by atoms with Gasteiger partial charge in [-0.2, -0.15) is 0 Å². The molecular formula is C26H37N3O3. The molecular weight excluding hydrogens is 402 g/mol. The summed E-state index contributed by atoms with van der Waals surface area (Å²) >= 11 is 0. The van der Waals surface area contributed by atoms with Crippen molar-refractivity contribution in [2.45, 2.75) is 77.8 Å². The third-order valence-electron chi connectivity index (χ3n) is 9.88. The van der Waals surface area contributed by atoms with Gasteiger partial charge in [-0.05, 0) is 74.2 Å². The van der Waals surface area contributed by atoms with Gasteiger partial charge in [-0.25, -0.2) is 9.78 Å². The second-order valence-electron chi connectivity index (χ2n) is 11.0. The highest BCUT2D eigenvalue weighted by Crippen LogP contribution is 2.67. The van der Waals surface area contributed by atoms with E-state index in [-0.39, 0.29) is 28.6 Å². The number of rotatable bonds is 4. The van der Waals surface area contributed by atoms with Gasteiger partial charge in [0.2, 0.25) is 5.91 Å². The summed E-state index contributed by atoms with van der Waals surface area (Å²) in [7, 11) is 1.38. The quantitative estimate of drug-likeness (QED) is 0.707. The molecule has 32 heavy (non-hydrogen) atoms. The lowest BCUT2D eigenvalue weighted by molar-refractivity contribution is -0.147. The molecule has 3 saturated carbocycles. The summed E-state index contributed by atoms with van der Waals surface area (Å²) in [6, 6.07) is -0.0564. The van der Waals surface area contributed by atoms with Gasteiger partial charge in [-0.15, -0.1) is 0 Å². The summed E-state index contributed by atoms with van der Waals surface area (Å²) in [5.74, 6) is 2.65. The molecule has 0 radical (unpaired) electrons. The van der Waals surface area contributed by atoms with Crippen molar-refractivity contribution >= 4 is 18.0 Å². The van der Waals surface area contributed by atoms with E-state index in [2.05, 4.69) is 47.1 Å². The number of allylic oxidation sites excluding steroid dienone is 1. The van der Waals surface area contributed by atoms with Crippen molar-refractivity contribution in [3.63, 3.8) is 0 Å². The Bertz CT molecular complexity index is 939. The van der Waals surface area contributed by atoms with Crippen molar-refractivity contribution in [3.8, 4) is 0 Å². The van der Waals surface area contributed by atoms with E-state index < -0.39 is 6.04 Å². The van der Waals surface area contributed by atoms with E-state index in [1.165, 1.54) is 20.0 Å². The molecule has 6 heteroatoms. The normalized spacial score (nSPS) is 40.4. The van der Waals surface area contributed by atoms with Gasteiger partial charge in [-0.3, -0.25) is 4.79 Å². The summed E-state index contributed by atoms with van der Waals surface area (Å²) in [5.41, 5.74) is 0.165. The largest absolute Gasteiger partial charge is 0.467 e. The highest BCUT2D eigenvalue weighted by Gasteiger charge is 2.61. The number of fused-ring (bicyclic) bond motifs is 7. The van der Waals surface area contributed by atoms with E-state index in [4.69, 9.17) is 4.74 Å². The number of imidazole rings is 1. The van der Waals surface area contributed by atoms with Crippen LogP contribution in [-0.2, 0) is 14.3 Å². The maximum Gasteiger partial charge on any atom is 0.328 e. The maximum absolute atomic E-state index is 13.3. The Labute approximate surface area is 191 Å². The highest BCUT2D eigenvalue weighted by atomic mass is 16.5. The standard InChI is InChI=1S/C26H37N3O3/c1-5-20(24(31)32-4)28-23(30)19-8-7-17-16-6-9-21-26(3,18(16)10-12-25(17,19)2)13-11-22-27-14-15-29(21)22/h11,13-21H,5-10,12H2,1-4H3,(H,28,30)/t16?,17?,18?,19-,20?,21?,25+,26-/m1/s1. The summed E-state index contributed by atoms with van der Waals surface area (Å²) in [6.07, 6.45) is 16.0. The Balaban J connectivity index is 1.36. The van der Waals surface area contributed by atoms with Crippen LogP contribution in [-0.4, -0.2) is 34.6 Å². The molecule has 6 nitrogen and oxygen atoms in total. The Hall–Kier alpha value is -2.11. The van der Waals surface area contributed by atoms with Crippen molar-refractivity contribution in [1.29, 1.82) is 0 Å². The predicted molar refractivity (Wildman–Crippen MR) is 122 cm³/mol. The molecule has 1 aromatic rings. The lowest BCUT2D eigenvalue weighted by atomic mass is 9.48. The first kappa shape index (κ1) is 21.7. The average Bonchev–Trinajstić information content (AvgIpc) is 3.40. The second-order valence-corrected chi connectivity index (χ2v) is 11.0. The molecule has 5 rings (SSSR count). The third-order valence-corrected chi connectivity index (χ3v) is 9.88. The fourth-order valence-electron chi connectivity index (χ4n) is 8.19. The van der Waals surface area contributed by atoms with Crippen molar-refractivity contribution in [2.24, 2.45) is 34.5 Å². The Morgan fingerprint density at radius 2 is 2.03 bits per heavy atom. The van der Waals surface area contributed by atoms with Crippen LogP contribution in [0.1, 0.15) is 77.6 Å². The first-order valence-corrected chi connectivity index (χ1v) is 12.4. The monoisotopic (exact) mass is 439 g/mol. The molecule has 3 fully saturated rings. The van der Waals surface area contributed by atoms with E-state index in [1.54, 1.807) is 0 Å². The number of carbonyl (C=O) groups excluding carboxylic acids is 2. The number of methoxy groups -OCH3 is 1. The minimum absolute atomic E-state index is 0.0140. The first-order valence-electron chi connectivity index (χ1n) is 12.4. The molecule has 1 aliphatic heterocycles. The molecule has 0 spiro atoms. The second kappa shape index (κ2) is 7.74. The summed E-state index contributed by atoms with van der Waals surface area (Å²) in [5, 5.41) is 3.02. The molecule has 4 aliphatic rings. The Kier molecular flexibility index (Phi) is 5.25. The summed E-state index contributed by atoms with van der Waals surface area (Å²) in [6.45, 7) is 6.72. The number of nitrogens with one attached hydrogen (secondary N) is 1. The molecule has 0 aromatic carbocycles. The lowest BCUT2D eigenvalue weighted by Crippen LogP contribution is -2.54. The molecule has 1 aromatic heterocycles. The van der Waals surface area contributed by atoms with Crippen LogP contribution in [0.15, 0.2) is 18.5 Å². The SMILES string of the molecule is CCC(NC(=O)[C@H]1CCC2C3CCC4n5ccnc5C=C[C@]4(C)C3CC[C@@]21C)C(=O)OC. The van der Waals surface area contributed by atoms with Crippen LogP contribution in [0.4, 0.5) is 0 Å². The molecule has 1 amide bonds. The highest BCUT2D eigenvalue weighted by molar-refractivity contribution is 5.86. The molecule has 1 N–H and O–H groups in total. The minimum atomic E-state index is -0.544. The van der Waals surface area contributed by atoms with E-state index in [0.717, 1.165) is 31.5 Å². The molecule has 0 saturated heterocycles. The Morgan fingerprint density at radius 1 is 1.22 bits per heavy atom. The molecule has 0 bridgehead atoms. The number of amides is 1. The van der Waals surface area contributed by atoms with Crippen molar-refractivity contribution in [1.82, 2.24) is 14.9 Å². The van der Waals surface area contributed by atoms with Crippen LogP contribution in [0, 0.1) is 34.5 Å². The van der Waals surface area contributed by atoms with Gasteiger partial charge in [0.25, 0.3) is 0 Å². The maximum atomic E-state index is 13.3. The van der Waals surface area contributed by atoms with Gasteiger partial charge in [0.1, 0.15) is 11.9 Å². The van der Waals surface area contributed by atoms with Crippen LogP contribution in [0.3, 0.4) is 0 Å². The number of nitrogens with zero attached hydrogens (tertiary/aromatic N) is 2. The average molecular weight is 440 g/mol. The molecule has 174 valence electrons. The number of aromatic nitrogens is 2.